The Morgan fingerprint density at radius 1 is 0.895 bits per heavy atom. The van der Waals surface area contributed by atoms with E-state index in [2.05, 4.69) is 5.10 Å². The molecule has 0 bridgehead atoms. The van der Waals surface area contributed by atoms with Gasteiger partial charge in [-0.1, -0.05) is 36.4 Å². The van der Waals surface area contributed by atoms with Crippen molar-refractivity contribution in [2.75, 3.05) is 0 Å². The van der Waals surface area contributed by atoms with Crippen LogP contribution in [0.2, 0.25) is 0 Å². The molecule has 1 N–H and O–H groups in total. The van der Waals surface area contributed by atoms with Gasteiger partial charge in [-0.3, -0.25) is 5.10 Å². The van der Waals surface area contributed by atoms with Gasteiger partial charge >= 0.3 is 6.18 Å². The Hall–Kier alpha value is -2.30. The molecule has 3 rings (SSSR count). The summed E-state index contributed by atoms with van der Waals surface area (Å²) in [5.41, 5.74) is 0.110. The first-order valence-electron chi connectivity index (χ1n) is 5.66. The quantitative estimate of drug-likeness (QED) is 0.697. The van der Waals surface area contributed by atoms with Crippen LogP contribution >= 0.6 is 0 Å². The van der Waals surface area contributed by atoms with Crippen molar-refractivity contribution in [3.8, 4) is 11.3 Å². The van der Waals surface area contributed by atoms with Gasteiger partial charge in [0, 0.05) is 5.56 Å². The van der Waals surface area contributed by atoms with Crippen molar-refractivity contribution >= 4 is 10.8 Å². The van der Waals surface area contributed by atoms with Crippen LogP contribution in [0.1, 0.15) is 5.69 Å². The van der Waals surface area contributed by atoms with Gasteiger partial charge in [0.25, 0.3) is 0 Å². The molecular weight excluding hydrogens is 253 g/mol. The van der Waals surface area contributed by atoms with Crippen LogP contribution in [0.25, 0.3) is 22.0 Å². The van der Waals surface area contributed by atoms with Crippen molar-refractivity contribution in [2.45, 2.75) is 6.18 Å². The largest absolute Gasteiger partial charge is 0.432 e. The molecule has 1 aromatic heterocycles. The summed E-state index contributed by atoms with van der Waals surface area (Å²) in [5, 5.41) is 7.74. The number of nitrogens with one attached hydrogen (secondary N) is 1. The smallest absolute Gasteiger partial charge is 0.273 e. The standard InChI is InChI=1S/C14H9F3N2/c15-14(16,17)13-8-12(18-19-13)11-6-5-9-3-1-2-4-10(9)7-11/h1-8H,(H,18,19). The van der Waals surface area contributed by atoms with Crippen molar-refractivity contribution < 1.29 is 13.2 Å². The number of aromatic nitrogens is 2. The molecule has 2 aromatic carbocycles. The molecule has 0 radical (unpaired) electrons. The first-order valence-corrected chi connectivity index (χ1v) is 5.66. The Bertz CT molecular complexity index is 729. The van der Waals surface area contributed by atoms with E-state index in [1.807, 2.05) is 41.5 Å². The first kappa shape index (κ1) is 11.8. The van der Waals surface area contributed by atoms with Crippen LogP contribution in [-0.4, -0.2) is 10.2 Å². The Morgan fingerprint density at radius 3 is 2.32 bits per heavy atom. The van der Waals surface area contributed by atoms with Gasteiger partial charge in [0.05, 0.1) is 5.69 Å². The lowest BCUT2D eigenvalue weighted by atomic mass is 10.1. The van der Waals surface area contributed by atoms with Gasteiger partial charge in [0.1, 0.15) is 5.69 Å². The van der Waals surface area contributed by atoms with E-state index in [-0.39, 0.29) is 5.69 Å². The molecule has 1 heterocycles. The summed E-state index contributed by atoms with van der Waals surface area (Å²) in [4.78, 5) is 0. The maximum absolute atomic E-state index is 12.5. The topological polar surface area (TPSA) is 28.7 Å². The molecule has 0 spiro atoms. The molecule has 0 atom stereocenters. The van der Waals surface area contributed by atoms with Crippen LogP contribution in [0.3, 0.4) is 0 Å². The summed E-state index contributed by atoms with van der Waals surface area (Å²) in [7, 11) is 0. The summed E-state index contributed by atoms with van der Waals surface area (Å²) >= 11 is 0. The van der Waals surface area contributed by atoms with Gasteiger partial charge in [-0.15, -0.1) is 0 Å². The molecular formula is C14H9F3N2. The van der Waals surface area contributed by atoms with Crippen LogP contribution in [0, 0.1) is 0 Å². The number of hydrogen-bond acceptors (Lipinski definition) is 1. The number of aromatic amines is 1. The van der Waals surface area contributed by atoms with Gasteiger partial charge < -0.3 is 0 Å². The highest BCUT2D eigenvalue weighted by molar-refractivity contribution is 5.86. The van der Waals surface area contributed by atoms with Crippen LogP contribution < -0.4 is 0 Å². The molecule has 0 unspecified atom stereocenters. The molecule has 2 nitrogen and oxygen atoms in total. The van der Waals surface area contributed by atoms with Crippen molar-refractivity contribution in [1.82, 2.24) is 10.2 Å². The third-order valence-electron chi connectivity index (χ3n) is 2.93. The van der Waals surface area contributed by atoms with Gasteiger partial charge in [-0.05, 0) is 22.9 Å². The Labute approximate surface area is 106 Å². The van der Waals surface area contributed by atoms with Gasteiger partial charge in [-0.2, -0.15) is 18.3 Å². The van der Waals surface area contributed by atoms with Gasteiger partial charge in [0.15, 0.2) is 0 Å². The number of hydrogen-bond donors (Lipinski definition) is 1. The summed E-state index contributed by atoms with van der Waals surface area (Å²) in [6.45, 7) is 0. The second kappa shape index (κ2) is 4.12. The molecule has 0 saturated carbocycles. The summed E-state index contributed by atoms with van der Waals surface area (Å²) in [6.07, 6.45) is -4.40. The van der Waals surface area contributed by atoms with Crippen molar-refractivity contribution in [3.05, 3.63) is 54.2 Å². The fourth-order valence-electron chi connectivity index (χ4n) is 1.96. The summed E-state index contributed by atoms with van der Waals surface area (Å²) in [6, 6.07) is 14.1. The lowest BCUT2D eigenvalue weighted by Gasteiger charge is -2.01. The lowest BCUT2D eigenvalue weighted by Crippen LogP contribution is -2.04. The van der Waals surface area contributed by atoms with Gasteiger partial charge in [0.2, 0.25) is 0 Å². The van der Waals surface area contributed by atoms with E-state index in [1.54, 1.807) is 6.07 Å². The number of rotatable bonds is 1. The van der Waals surface area contributed by atoms with Crippen molar-refractivity contribution in [2.24, 2.45) is 0 Å². The predicted molar refractivity (Wildman–Crippen MR) is 66.5 cm³/mol. The number of fused-ring (bicyclic) bond motifs is 1. The van der Waals surface area contributed by atoms with E-state index < -0.39 is 11.9 Å². The Balaban J connectivity index is 2.07. The van der Waals surface area contributed by atoms with E-state index in [0.717, 1.165) is 16.8 Å². The van der Waals surface area contributed by atoms with E-state index >= 15 is 0 Å². The highest BCUT2D eigenvalue weighted by atomic mass is 19.4. The van der Waals surface area contributed by atoms with Crippen LogP contribution in [0.5, 0.6) is 0 Å². The maximum Gasteiger partial charge on any atom is 0.432 e. The normalized spacial score (nSPS) is 11.9. The number of H-pyrrole nitrogens is 1. The zero-order valence-corrected chi connectivity index (χ0v) is 9.70. The molecule has 0 fully saturated rings. The summed E-state index contributed by atoms with van der Waals surface area (Å²) < 4.78 is 37.5. The molecule has 96 valence electrons. The van der Waals surface area contributed by atoms with E-state index in [9.17, 15) is 13.2 Å². The number of alkyl halides is 3. The fraction of sp³-hybridized carbons (Fsp3) is 0.0714. The molecule has 0 saturated heterocycles. The van der Waals surface area contributed by atoms with Gasteiger partial charge in [-0.25, -0.2) is 0 Å². The third kappa shape index (κ3) is 2.19. The van der Waals surface area contributed by atoms with Crippen molar-refractivity contribution in [1.29, 1.82) is 0 Å². The SMILES string of the molecule is FC(F)(F)c1cc(-c2ccc3ccccc3c2)n[nH]1. The second-order valence-corrected chi connectivity index (χ2v) is 4.23. The van der Waals surface area contributed by atoms with Crippen LogP contribution in [0.4, 0.5) is 13.2 Å². The Morgan fingerprint density at radius 2 is 1.63 bits per heavy atom. The Kier molecular flexibility index (Phi) is 2.55. The molecule has 0 aliphatic carbocycles. The van der Waals surface area contributed by atoms with E-state index in [4.69, 9.17) is 0 Å². The summed E-state index contributed by atoms with van der Waals surface area (Å²) in [5.74, 6) is 0. The zero-order chi connectivity index (χ0) is 13.5. The maximum atomic E-state index is 12.5. The highest BCUT2D eigenvalue weighted by Crippen LogP contribution is 2.31. The third-order valence-corrected chi connectivity index (χ3v) is 2.93. The van der Waals surface area contributed by atoms with Crippen LogP contribution in [0.15, 0.2) is 48.5 Å². The minimum absolute atomic E-state index is 0.290. The monoisotopic (exact) mass is 262 g/mol. The zero-order valence-electron chi connectivity index (χ0n) is 9.70. The minimum Gasteiger partial charge on any atom is -0.273 e. The average Bonchev–Trinajstić information content (AvgIpc) is 2.87. The number of halogens is 3. The molecule has 0 aliphatic rings. The highest BCUT2D eigenvalue weighted by Gasteiger charge is 2.33. The first-order chi connectivity index (χ1) is 9.04. The molecule has 3 aromatic rings. The van der Waals surface area contributed by atoms with E-state index in [1.165, 1.54) is 0 Å². The fourth-order valence-corrected chi connectivity index (χ4v) is 1.96. The second-order valence-electron chi connectivity index (χ2n) is 4.23. The molecule has 19 heavy (non-hydrogen) atoms. The average molecular weight is 262 g/mol. The minimum atomic E-state index is -4.40. The molecule has 5 heteroatoms. The molecule has 0 amide bonds. The van der Waals surface area contributed by atoms with Crippen molar-refractivity contribution in [3.63, 3.8) is 0 Å². The lowest BCUT2D eigenvalue weighted by molar-refractivity contribution is -0.141. The van der Waals surface area contributed by atoms with E-state index in [0.29, 0.717) is 5.56 Å². The molecule has 0 aliphatic heterocycles. The number of nitrogens with zero attached hydrogens (tertiary/aromatic N) is 1. The number of benzene rings is 2. The predicted octanol–water partition coefficient (Wildman–Crippen LogP) is 4.25. The van der Waals surface area contributed by atoms with Crippen LogP contribution in [-0.2, 0) is 6.18 Å².